The SMILES string of the molecule is CC(=O)NCCC(O)C(O)c1ccc(C(C)(C)C(=O)O)cc1. The number of carboxylic acids is 1. The van der Waals surface area contributed by atoms with Crippen LogP contribution in [0.25, 0.3) is 0 Å². The lowest BCUT2D eigenvalue weighted by Crippen LogP contribution is -2.29. The summed E-state index contributed by atoms with van der Waals surface area (Å²) in [5.41, 5.74) is 0.0944. The van der Waals surface area contributed by atoms with Crippen molar-refractivity contribution in [2.75, 3.05) is 6.54 Å². The maximum Gasteiger partial charge on any atom is 0.313 e. The molecule has 2 atom stereocenters. The molecule has 0 aliphatic heterocycles. The molecular formula is C16H23NO5. The van der Waals surface area contributed by atoms with Crippen molar-refractivity contribution in [1.82, 2.24) is 5.32 Å². The van der Waals surface area contributed by atoms with Gasteiger partial charge in [-0.3, -0.25) is 9.59 Å². The minimum absolute atomic E-state index is 0.193. The Balaban J connectivity index is 2.73. The number of rotatable bonds is 7. The van der Waals surface area contributed by atoms with Crippen LogP contribution in [-0.4, -0.2) is 39.8 Å². The molecule has 0 saturated heterocycles. The molecule has 0 fully saturated rings. The first-order valence-corrected chi connectivity index (χ1v) is 7.10. The van der Waals surface area contributed by atoms with E-state index >= 15 is 0 Å². The minimum atomic E-state index is -1.09. The molecule has 0 saturated carbocycles. The van der Waals surface area contributed by atoms with Gasteiger partial charge in [0.2, 0.25) is 5.91 Å². The topological polar surface area (TPSA) is 107 Å². The van der Waals surface area contributed by atoms with Gasteiger partial charge in [-0.1, -0.05) is 24.3 Å². The quantitative estimate of drug-likeness (QED) is 0.600. The van der Waals surface area contributed by atoms with Gasteiger partial charge in [-0.15, -0.1) is 0 Å². The highest BCUT2D eigenvalue weighted by Gasteiger charge is 2.29. The maximum absolute atomic E-state index is 11.2. The Hall–Kier alpha value is -1.92. The average Bonchev–Trinajstić information content (AvgIpc) is 2.45. The molecule has 4 N–H and O–H groups in total. The fourth-order valence-electron chi connectivity index (χ4n) is 2.00. The summed E-state index contributed by atoms with van der Waals surface area (Å²) in [6.45, 7) is 4.86. The lowest BCUT2D eigenvalue weighted by Gasteiger charge is -2.22. The van der Waals surface area contributed by atoms with Crippen molar-refractivity contribution in [3.8, 4) is 0 Å². The van der Waals surface area contributed by atoms with Crippen LogP contribution in [0.2, 0.25) is 0 Å². The van der Waals surface area contributed by atoms with Crippen LogP contribution in [0, 0.1) is 0 Å². The van der Waals surface area contributed by atoms with Gasteiger partial charge in [-0.2, -0.15) is 0 Å². The van der Waals surface area contributed by atoms with Crippen LogP contribution in [0.5, 0.6) is 0 Å². The van der Waals surface area contributed by atoms with E-state index in [1.807, 2.05) is 0 Å². The monoisotopic (exact) mass is 309 g/mol. The van der Waals surface area contributed by atoms with Gasteiger partial charge in [-0.25, -0.2) is 0 Å². The Labute approximate surface area is 129 Å². The van der Waals surface area contributed by atoms with Crippen molar-refractivity contribution < 1.29 is 24.9 Å². The zero-order valence-corrected chi connectivity index (χ0v) is 13.0. The van der Waals surface area contributed by atoms with Crippen molar-refractivity contribution in [2.24, 2.45) is 0 Å². The number of hydrogen-bond donors (Lipinski definition) is 4. The third-order valence-electron chi connectivity index (χ3n) is 3.69. The van der Waals surface area contributed by atoms with Gasteiger partial charge in [0.25, 0.3) is 0 Å². The molecule has 6 nitrogen and oxygen atoms in total. The largest absolute Gasteiger partial charge is 0.481 e. The van der Waals surface area contributed by atoms with E-state index in [2.05, 4.69) is 5.32 Å². The van der Waals surface area contributed by atoms with E-state index in [1.54, 1.807) is 38.1 Å². The Kier molecular flexibility index (Phi) is 6.08. The van der Waals surface area contributed by atoms with Crippen LogP contribution in [0.15, 0.2) is 24.3 Å². The fraction of sp³-hybridized carbons (Fsp3) is 0.500. The van der Waals surface area contributed by atoms with Crippen LogP contribution in [0.4, 0.5) is 0 Å². The summed E-state index contributed by atoms with van der Waals surface area (Å²) in [5.74, 6) is -1.13. The lowest BCUT2D eigenvalue weighted by molar-refractivity contribution is -0.142. The molecule has 2 unspecified atom stereocenters. The van der Waals surface area contributed by atoms with E-state index in [-0.39, 0.29) is 18.9 Å². The van der Waals surface area contributed by atoms with Crippen LogP contribution in [0.3, 0.4) is 0 Å². The molecule has 1 rings (SSSR count). The second-order valence-electron chi connectivity index (χ2n) is 5.84. The molecule has 0 spiro atoms. The summed E-state index contributed by atoms with van der Waals surface area (Å²) < 4.78 is 0. The maximum atomic E-state index is 11.2. The average molecular weight is 309 g/mol. The third kappa shape index (κ3) is 4.54. The smallest absolute Gasteiger partial charge is 0.313 e. The van der Waals surface area contributed by atoms with Gasteiger partial charge in [-0.05, 0) is 31.4 Å². The first kappa shape index (κ1) is 18.1. The molecule has 1 aromatic carbocycles. The molecule has 1 amide bonds. The van der Waals surface area contributed by atoms with Gasteiger partial charge in [0.15, 0.2) is 0 Å². The number of carbonyl (C=O) groups excluding carboxylic acids is 1. The zero-order chi connectivity index (χ0) is 16.9. The predicted octanol–water partition coefficient (Wildman–Crippen LogP) is 0.969. The predicted molar refractivity (Wildman–Crippen MR) is 81.4 cm³/mol. The number of aliphatic hydroxyl groups excluding tert-OH is 2. The highest BCUT2D eigenvalue weighted by molar-refractivity contribution is 5.80. The number of carboxylic acid groups (broad SMARTS) is 1. The molecule has 0 aliphatic carbocycles. The van der Waals surface area contributed by atoms with Crippen LogP contribution < -0.4 is 5.32 Å². The van der Waals surface area contributed by atoms with Crippen molar-refractivity contribution in [3.05, 3.63) is 35.4 Å². The number of aliphatic hydroxyl groups is 2. The zero-order valence-electron chi connectivity index (χ0n) is 13.0. The highest BCUT2D eigenvalue weighted by atomic mass is 16.4. The summed E-state index contributed by atoms with van der Waals surface area (Å²) in [6.07, 6.45) is -1.87. The second kappa shape index (κ2) is 7.38. The van der Waals surface area contributed by atoms with Crippen molar-refractivity contribution in [1.29, 1.82) is 0 Å². The van der Waals surface area contributed by atoms with Gasteiger partial charge in [0.05, 0.1) is 11.5 Å². The van der Waals surface area contributed by atoms with Gasteiger partial charge < -0.3 is 20.6 Å². The van der Waals surface area contributed by atoms with Crippen LogP contribution in [0.1, 0.15) is 44.4 Å². The van der Waals surface area contributed by atoms with E-state index < -0.39 is 23.6 Å². The van der Waals surface area contributed by atoms with E-state index in [1.165, 1.54) is 6.92 Å². The molecule has 0 heterocycles. The summed E-state index contributed by atoms with van der Waals surface area (Å²) in [4.78, 5) is 21.9. The number of benzene rings is 1. The number of hydrogen-bond acceptors (Lipinski definition) is 4. The Morgan fingerprint density at radius 1 is 1.18 bits per heavy atom. The fourth-order valence-corrected chi connectivity index (χ4v) is 2.00. The number of aliphatic carboxylic acids is 1. The molecule has 22 heavy (non-hydrogen) atoms. The number of amides is 1. The Bertz CT molecular complexity index is 524. The Morgan fingerprint density at radius 3 is 2.18 bits per heavy atom. The van der Waals surface area contributed by atoms with Crippen molar-refractivity contribution >= 4 is 11.9 Å². The molecule has 6 heteroatoms. The first-order valence-electron chi connectivity index (χ1n) is 7.10. The first-order chi connectivity index (χ1) is 10.2. The summed E-state index contributed by atoms with van der Waals surface area (Å²) >= 11 is 0. The number of carbonyl (C=O) groups is 2. The summed E-state index contributed by atoms with van der Waals surface area (Å²) in [6, 6.07) is 6.47. The lowest BCUT2D eigenvalue weighted by atomic mass is 9.84. The Morgan fingerprint density at radius 2 is 1.73 bits per heavy atom. The van der Waals surface area contributed by atoms with Crippen LogP contribution in [-0.2, 0) is 15.0 Å². The van der Waals surface area contributed by atoms with Crippen LogP contribution >= 0.6 is 0 Å². The van der Waals surface area contributed by atoms with Gasteiger partial charge in [0, 0.05) is 13.5 Å². The highest BCUT2D eigenvalue weighted by Crippen LogP contribution is 2.26. The molecular weight excluding hydrogens is 286 g/mol. The van der Waals surface area contributed by atoms with E-state index in [9.17, 15) is 24.9 Å². The molecule has 1 aromatic rings. The van der Waals surface area contributed by atoms with Gasteiger partial charge in [0.1, 0.15) is 6.10 Å². The normalized spacial score (nSPS) is 14.2. The standard InChI is InChI=1S/C16H23NO5/c1-10(18)17-9-8-13(19)14(20)11-4-6-12(7-5-11)16(2,3)15(21)22/h4-7,13-14,19-20H,8-9H2,1-3H3,(H,17,18)(H,21,22). The summed E-state index contributed by atoms with van der Waals surface area (Å²) in [7, 11) is 0. The minimum Gasteiger partial charge on any atom is -0.481 e. The summed E-state index contributed by atoms with van der Waals surface area (Å²) in [5, 5.41) is 31.7. The van der Waals surface area contributed by atoms with Crippen molar-refractivity contribution in [3.63, 3.8) is 0 Å². The molecule has 0 radical (unpaired) electrons. The molecule has 0 aromatic heterocycles. The number of nitrogens with one attached hydrogen (secondary N) is 1. The molecule has 0 aliphatic rings. The van der Waals surface area contributed by atoms with E-state index in [0.717, 1.165) is 0 Å². The molecule has 0 bridgehead atoms. The van der Waals surface area contributed by atoms with Crippen molar-refractivity contribution in [2.45, 2.75) is 44.8 Å². The van der Waals surface area contributed by atoms with Gasteiger partial charge >= 0.3 is 5.97 Å². The molecule has 122 valence electrons. The third-order valence-corrected chi connectivity index (χ3v) is 3.69. The van der Waals surface area contributed by atoms with E-state index in [4.69, 9.17) is 0 Å². The second-order valence-corrected chi connectivity index (χ2v) is 5.84. The van der Waals surface area contributed by atoms with E-state index in [0.29, 0.717) is 11.1 Å².